The van der Waals surface area contributed by atoms with E-state index in [0.29, 0.717) is 5.56 Å². The van der Waals surface area contributed by atoms with E-state index >= 15 is 4.39 Å². The molecule has 10 heteroatoms. The van der Waals surface area contributed by atoms with Crippen LogP contribution in [-0.2, 0) is 11.3 Å². The lowest BCUT2D eigenvalue weighted by atomic mass is 10.1. The number of ether oxygens (including phenoxy) is 1. The molecule has 1 fully saturated rings. The Morgan fingerprint density at radius 1 is 1.06 bits per heavy atom. The predicted octanol–water partition coefficient (Wildman–Crippen LogP) is -0.129. The van der Waals surface area contributed by atoms with Gasteiger partial charge in [0.05, 0.1) is 18.8 Å². The first-order chi connectivity index (χ1) is 14.9. The summed E-state index contributed by atoms with van der Waals surface area (Å²) >= 11 is 0. The fourth-order valence-electron chi connectivity index (χ4n) is 3.57. The van der Waals surface area contributed by atoms with Gasteiger partial charge in [-0.25, -0.2) is 9.18 Å². The van der Waals surface area contributed by atoms with E-state index in [1.807, 2.05) is 0 Å². The second kappa shape index (κ2) is 8.52. The van der Waals surface area contributed by atoms with Gasteiger partial charge in [-0.2, -0.15) is 0 Å². The van der Waals surface area contributed by atoms with Crippen molar-refractivity contribution in [1.82, 2.24) is 14.1 Å². The van der Waals surface area contributed by atoms with E-state index in [1.165, 1.54) is 12.3 Å². The van der Waals surface area contributed by atoms with Gasteiger partial charge in [0, 0.05) is 24.0 Å². The number of rotatable bonds is 5. The Labute approximate surface area is 175 Å². The van der Waals surface area contributed by atoms with Crippen molar-refractivity contribution < 1.29 is 24.4 Å². The summed E-state index contributed by atoms with van der Waals surface area (Å²) in [5.74, 6) is -0.664. The first kappa shape index (κ1) is 21.1. The fraction of sp³-hybridized carbons (Fsp3) is 0.286. The lowest BCUT2D eigenvalue weighted by Crippen LogP contribution is -2.43. The molecule has 1 aliphatic heterocycles. The number of pyridine rings is 1. The smallest absolute Gasteiger partial charge is 0.333 e. The molecule has 0 radical (unpaired) electrons. The third-order valence-electron chi connectivity index (χ3n) is 5.24. The van der Waals surface area contributed by atoms with Gasteiger partial charge in [0.15, 0.2) is 12.0 Å². The molecule has 162 valence electrons. The van der Waals surface area contributed by atoms with Gasteiger partial charge in [0.25, 0.3) is 5.56 Å². The zero-order valence-corrected chi connectivity index (χ0v) is 16.2. The third kappa shape index (κ3) is 3.81. The Balaban J connectivity index is 1.72. The van der Waals surface area contributed by atoms with Crippen molar-refractivity contribution in [1.29, 1.82) is 0 Å². The maximum absolute atomic E-state index is 15.1. The Morgan fingerprint density at radius 3 is 2.48 bits per heavy atom. The first-order valence-electron chi connectivity index (χ1n) is 9.55. The number of hydrogen-bond acceptors (Lipinski definition) is 7. The minimum absolute atomic E-state index is 0.112. The van der Waals surface area contributed by atoms with Crippen molar-refractivity contribution in [2.24, 2.45) is 0 Å². The highest BCUT2D eigenvalue weighted by atomic mass is 19.1. The van der Waals surface area contributed by atoms with Crippen LogP contribution in [0.5, 0.6) is 0 Å². The van der Waals surface area contributed by atoms with E-state index in [1.54, 1.807) is 30.3 Å². The van der Waals surface area contributed by atoms with Gasteiger partial charge in [-0.1, -0.05) is 30.3 Å². The van der Waals surface area contributed by atoms with E-state index in [4.69, 9.17) is 4.74 Å². The quantitative estimate of drug-likeness (QED) is 0.516. The van der Waals surface area contributed by atoms with Crippen LogP contribution in [0.3, 0.4) is 0 Å². The van der Waals surface area contributed by atoms with Gasteiger partial charge in [0.2, 0.25) is 0 Å². The van der Waals surface area contributed by atoms with Crippen LogP contribution in [0.4, 0.5) is 4.39 Å². The summed E-state index contributed by atoms with van der Waals surface area (Å²) in [6.45, 7) is -1.01. The number of hydrogen-bond donors (Lipinski definition) is 3. The summed E-state index contributed by atoms with van der Waals surface area (Å²) in [5.41, 5.74) is -0.793. The van der Waals surface area contributed by atoms with Crippen LogP contribution in [0.2, 0.25) is 0 Å². The van der Waals surface area contributed by atoms with Gasteiger partial charge < -0.3 is 20.1 Å². The lowest BCUT2D eigenvalue weighted by Gasteiger charge is -2.18. The summed E-state index contributed by atoms with van der Waals surface area (Å²) in [6, 6.07) is 11.3. The predicted molar refractivity (Wildman–Crippen MR) is 107 cm³/mol. The SMILES string of the molecule is O=c1ccn([C@@H]2O[C@H](CO)[C@H](O)C2O)c(=O)n1Cc1nccc(-c2ccccc2)c1F. The minimum atomic E-state index is -1.50. The highest BCUT2D eigenvalue weighted by Crippen LogP contribution is 2.28. The summed E-state index contributed by atoms with van der Waals surface area (Å²) < 4.78 is 22.1. The van der Waals surface area contributed by atoms with Crippen LogP contribution in [0, 0.1) is 5.82 Å². The van der Waals surface area contributed by atoms with Crippen molar-refractivity contribution in [3.8, 4) is 11.1 Å². The second-order valence-corrected chi connectivity index (χ2v) is 7.14. The molecule has 31 heavy (non-hydrogen) atoms. The average molecular weight is 429 g/mol. The van der Waals surface area contributed by atoms with Gasteiger partial charge in [0.1, 0.15) is 18.3 Å². The Morgan fingerprint density at radius 2 is 1.81 bits per heavy atom. The molecule has 4 atom stereocenters. The normalized spacial score (nSPS) is 23.2. The molecule has 1 unspecified atom stereocenters. The van der Waals surface area contributed by atoms with Gasteiger partial charge >= 0.3 is 5.69 Å². The standard InChI is InChI=1S/C21H20FN3O6/c22-17-13(12-4-2-1-3-5-12)6-8-23-14(17)10-25-16(27)7-9-24(21(25)30)20-19(29)18(28)15(11-26)31-20/h1-9,15,18-20,26,28-29H,10-11H2/t15-,18+,19?,20-/m1/s1. The maximum Gasteiger partial charge on any atom is 0.333 e. The molecular weight excluding hydrogens is 409 g/mol. The molecule has 3 N–H and O–H groups in total. The van der Waals surface area contributed by atoms with E-state index in [2.05, 4.69) is 4.98 Å². The molecule has 9 nitrogen and oxygen atoms in total. The molecule has 1 saturated heterocycles. The van der Waals surface area contributed by atoms with Crippen molar-refractivity contribution in [2.45, 2.75) is 31.1 Å². The molecule has 0 saturated carbocycles. The van der Waals surface area contributed by atoms with Crippen LogP contribution in [0.1, 0.15) is 11.9 Å². The van der Waals surface area contributed by atoms with E-state index < -0.39 is 54.8 Å². The number of aromatic nitrogens is 3. The van der Waals surface area contributed by atoms with Crippen molar-refractivity contribution >= 4 is 0 Å². The highest BCUT2D eigenvalue weighted by Gasteiger charge is 2.43. The number of nitrogens with zero attached hydrogens (tertiary/aromatic N) is 3. The lowest BCUT2D eigenvalue weighted by molar-refractivity contribution is -0.0555. The van der Waals surface area contributed by atoms with Crippen molar-refractivity contribution in [2.75, 3.05) is 6.61 Å². The topological polar surface area (TPSA) is 127 Å². The Hall–Kier alpha value is -3.18. The largest absolute Gasteiger partial charge is 0.394 e. The molecule has 1 aliphatic rings. The van der Waals surface area contributed by atoms with Crippen LogP contribution in [-0.4, -0.2) is 54.4 Å². The van der Waals surface area contributed by atoms with E-state index in [9.17, 15) is 24.9 Å². The number of aliphatic hydroxyl groups is 3. The summed E-state index contributed by atoms with van der Waals surface area (Å²) in [5, 5.41) is 29.4. The molecule has 0 aliphatic carbocycles. The fourth-order valence-corrected chi connectivity index (χ4v) is 3.57. The molecular formula is C21H20FN3O6. The van der Waals surface area contributed by atoms with Crippen LogP contribution >= 0.6 is 0 Å². The Bertz CT molecular complexity index is 1200. The van der Waals surface area contributed by atoms with Gasteiger partial charge in [-0.3, -0.25) is 18.9 Å². The maximum atomic E-state index is 15.1. The van der Waals surface area contributed by atoms with Crippen LogP contribution in [0.15, 0.2) is 64.4 Å². The number of aliphatic hydroxyl groups excluding tert-OH is 3. The molecule has 0 bridgehead atoms. The van der Waals surface area contributed by atoms with E-state index in [0.717, 1.165) is 21.4 Å². The highest BCUT2D eigenvalue weighted by molar-refractivity contribution is 5.64. The summed E-state index contributed by atoms with van der Waals surface area (Å²) in [7, 11) is 0. The molecule has 3 heterocycles. The summed E-state index contributed by atoms with van der Waals surface area (Å²) in [4.78, 5) is 29.3. The monoisotopic (exact) mass is 429 g/mol. The van der Waals surface area contributed by atoms with Crippen LogP contribution in [0.25, 0.3) is 11.1 Å². The number of benzene rings is 1. The summed E-state index contributed by atoms with van der Waals surface area (Å²) in [6.07, 6.45) is -2.82. The average Bonchev–Trinajstić information content (AvgIpc) is 3.07. The van der Waals surface area contributed by atoms with Crippen LogP contribution < -0.4 is 11.2 Å². The van der Waals surface area contributed by atoms with Crippen molar-refractivity contribution in [3.63, 3.8) is 0 Å². The molecule has 0 spiro atoms. The zero-order valence-electron chi connectivity index (χ0n) is 16.2. The molecule has 4 rings (SSSR count). The molecule has 3 aromatic rings. The van der Waals surface area contributed by atoms with Crippen molar-refractivity contribution in [3.05, 3.63) is 87.2 Å². The first-order valence-corrected chi connectivity index (χ1v) is 9.55. The second-order valence-electron chi connectivity index (χ2n) is 7.14. The third-order valence-corrected chi connectivity index (χ3v) is 5.24. The number of halogens is 1. The van der Waals surface area contributed by atoms with Gasteiger partial charge in [-0.05, 0) is 11.6 Å². The minimum Gasteiger partial charge on any atom is -0.394 e. The van der Waals surface area contributed by atoms with Gasteiger partial charge in [-0.15, -0.1) is 0 Å². The molecule has 1 aromatic carbocycles. The molecule has 0 amide bonds. The molecule has 2 aromatic heterocycles. The Kier molecular flexibility index (Phi) is 5.79. The zero-order chi connectivity index (χ0) is 22.1. The van der Waals surface area contributed by atoms with E-state index in [-0.39, 0.29) is 11.3 Å².